The minimum Gasteiger partial charge on any atom is -0.404 e. The van der Waals surface area contributed by atoms with Crippen LogP contribution >= 0.6 is 0 Å². The molecule has 17 heteroatoms. The lowest BCUT2D eigenvalue weighted by Gasteiger charge is -2.64. The fraction of sp³-hybridized carbons (Fsp3) is 0.889. The molecular formula is C45H85BN8O8. The summed E-state index contributed by atoms with van der Waals surface area (Å²) < 4.78 is 12.9. The van der Waals surface area contributed by atoms with Crippen molar-refractivity contribution in [2.45, 2.75) is 206 Å². The second-order valence-corrected chi connectivity index (χ2v) is 19.4. The summed E-state index contributed by atoms with van der Waals surface area (Å²) in [5.74, 6) is -2.30. The number of nitrogens with zero attached hydrogens (tertiary/aromatic N) is 1. The molecule has 1 heterocycles. The summed E-state index contributed by atoms with van der Waals surface area (Å²) >= 11 is 0. The number of hydrogen-bond acceptors (Lipinski definition) is 11. The van der Waals surface area contributed by atoms with E-state index in [4.69, 9.17) is 20.8 Å². The van der Waals surface area contributed by atoms with Crippen LogP contribution < -0.4 is 38.1 Å². The van der Waals surface area contributed by atoms with E-state index >= 15 is 0 Å². The Hall–Kier alpha value is -2.83. The maximum absolute atomic E-state index is 13.7. The number of aliphatic hydroxyl groups excluding tert-OH is 1. The molecule has 4 aliphatic rings. The molecule has 0 spiro atoms. The number of carbonyl (C=O) groups excluding carboxylic acids is 5. The van der Waals surface area contributed by atoms with Gasteiger partial charge in [-0.05, 0) is 129 Å². The van der Waals surface area contributed by atoms with Gasteiger partial charge in [0.15, 0.2) is 0 Å². The van der Waals surface area contributed by atoms with Crippen LogP contribution in [0.3, 0.4) is 0 Å². The summed E-state index contributed by atoms with van der Waals surface area (Å²) in [6.07, 6.45) is 13.7. The molecule has 4 rings (SSSR count). The molecule has 10 unspecified atom stereocenters. The Morgan fingerprint density at radius 2 is 1.31 bits per heavy atom. The molecule has 5 amide bonds. The van der Waals surface area contributed by atoms with Crippen LogP contribution in [-0.4, -0.2) is 128 Å². The van der Waals surface area contributed by atoms with Gasteiger partial charge in [0.2, 0.25) is 29.5 Å². The van der Waals surface area contributed by atoms with E-state index in [0.717, 1.165) is 32.2 Å². The smallest absolute Gasteiger partial charge is 0.404 e. The Kier molecular flexibility index (Phi) is 22.6. The van der Waals surface area contributed by atoms with Crippen molar-refractivity contribution in [3.63, 3.8) is 0 Å². The Bertz CT molecular complexity index is 1430. The predicted molar refractivity (Wildman–Crippen MR) is 243 cm³/mol. The summed E-state index contributed by atoms with van der Waals surface area (Å²) in [4.78, 5) is 69.5. The van der Waals surface area contributed by atoms with Crippen molar-refractivity contribution in [2.75, 3.05) is 33.2 Å². The second kappa shape index (κ2) is 26.2. The summed E-state index contributed by atoms with van der Waals surface area (Å²) in [6, 6.07) is -4.45. The molecule has 3 saturated carbocycles. The van der Waals surface area contributed by atoms with E-state index < -0.39 is 72.6 Å². The number of carbonyl (C=O) groups is 5. The van der Waals surface area contributed by atoms with Crippen molar-refractivity contribution in [1.29, 1.82) is 0 Å². The third kappa shape index (κ3) is 15.7. The van der Waals surface area contributed by atoms with Crippen molar-refractivity contribution in [2.24, 2.45) is 28.7 Å². The zero-order valence-corrected chi connectivity index (χ0v) is 39.5. The van der Waals surface area contributed by atoms with Gasteiger partial charge in [-0.15, -0.1) is 0 Å². The van der Waals surface area contributed by atoms with E-state index in [1.165, 1.54) is 52.4 Å². The molecule has 356 valence electrons. The topological polar surface area (TPSA) is 239 Å². The van der Waals surface area contributed by atoms with Gasteiger partial charge in [-0.2, -0.15) is 0 Å². The Morgan fingerprint density at radius 3 is 1.89 bits per heavy atom. The van der Waals surface area contributed by atoms with Crippen LogP contribution in [0.1, 0.15) is 158 Å². The van der Waals surface area contributed by atoms with Crippen molar-refractivity contribution in [3.8, 4) is 0 Å². The van der Waals surface area contributed by atoms with E-state index in [9.17, 15) is 29.1 Å². The van der Waals surface area contributed by atoms with Gasteiger partial charge in [0, 0.05) is 13.0 Å². The molecule has 10 atom stereocenters. The van der Waals surface area contributed by atoms with E-state index in [-0.39, 0.29) is 23.8 Å². The fourth-order valence-electron chi connectivity index (χ4n) is 9.54. The molecular weight excluding hydrogens is 791 g/mol. The van der Waals surface area contributed by atoms with Crippen molar-refractivity contribution >= 4 is 36.7 Å². The highest BCUT2D eigenvalue weighted by atomic mass is 16.7. The van der Waals surface area contributed by atoms with E-state index in [2.05, 4.69) is 59.2 Å². The minimum atomic E-state index is -1.43. The van der Waals surface area contributed by atoms with Gasteiger partial charge in [0.05, 0.1) is 23.8 Å². The van der Waals surface area contributed by atoms with Gasteiger partial charge in [-0.25, -0.2) is 0 Å². The Balaban J connectivity index is 1.53. The van der Waals surface area contributed by atoms with E-state index in [1.807, 2.05) is 14.0 Å². The molecule has 0 aromatic heterocycles. The largest absolute Gasteiger partial charge is 0.481 e. The summed E-state index contributed by atoms with van der Waals surface area (Å²) in [6.45, 7) is 15.8. The SMILES string of the molecule is CCCCCCCCCCN(C)CCC(=O)NC(CCCCN)C(=O)NC(C(=O)NC(C)C(=O)NC(CCCCN)C(=O)NC(C)B1OC2CC3CC(C3(C)C)C2(C)O1)C(C)O. The summed E-state index contributed by atoms with van der Waals surface area (Å²) in [7, 11) is 1.35. The number of hydrogen-bond donors (Lipinski definition) is 8. The maximum atomic E-state index is 13.7. The first-order valence-corrected chi connectivity index (χ1v) is 24.0. The number of aliphatic hydroxyl groups is 1. The fourth-order valence-corrected chi connectivity index (χ4v) is 9.54. The molecule has 1 saturated heterocycles. The van der Waals surface area contributed by atoms with Gasteiger partial charge < -0.3 is 57.4 Å². The zero-order chi connectivity index (χ0) is 46.0. The van der Waals surface area contributed by atoms with Gasteiger partial charge >= 0.3 is 7.12 Å². The number of rotatable bonds is 31. The van der Waals surface area contributed by atoms with Crippen LogP contribution in [0.25, 0.3) is 0 Å². The number of amides is 5. The molecule has 1 aliphatic heterocycles. The number of nitrogens with two attached hydrogens (primary N) is 2. The average molecular weight is 877 g/mol. The van der Waals surface area contributed by atoms with Crippen LogP contribution in [0.4, 0.5) is 0 Å². The number of nitrogens with one attached hydrogen (secondary N) is 5. The molecule has 2 bridgehead atoms. The standard InChI is InChI=1S/C45H85BN8O8/c1-9-10-11-12-13-14-15-20-26-54(8)27-23-38(56)51-34(21-16-18-24-47)42(59)53-39(31(3)55)43(60)49-30(2)40(57)52-35(22-17-19-25-48)41(58)50-32(4)46-61-37-29-33-28-36(44(33,5)6)45(37,7)62-46/h30-37,39,55H,9-29,47-48H2,1-8H3,(H,49,60)(H,50,58)(H,51,56)(H,52,57)(H,53,59). The lowest BCUT2D eigenvalue weighted by molar-refractivity contribution is -0.199. The van der Waals surface area contributed by atoms with Gasteiger partial charge in [0.1, 0.15) is 24.2 Å². The lowest BCUT2D eigenvalue weighted by Crippen LogP contribution is -2.65. The van der Waals surface area contributed by atoms with Gasteiger partial charge in [-0.1, -0.05) is 65.7 Å². The Morgan fingerprint density at radius 1 is 0.726 bits per heavy atom. The first kappa shape index (κ1) is 53.5. The van der Waals surface area contributed by atoms with Crippen molar-refractivity contribution in [1.82, 2.24) is 31.5 Å². The highest BCUT2D eigenvalue weighted by molar-refractivity contribution is 6.47. The monoisotopic (exact) mass is 877 g/mol. The van der Waals surface area contributed by atoms with Crippen LogP contribution in [-0.2, 0) is 33.3 Å². The van der Waals surface area contributed by atoms with E-state index in [0.29, 0.717) is 70.0 Å². The number of unbranched alkanes of at least 4 members (excludes halogenated alkanes) is 9. The van der Waals surface area contributed by atoms with Crippen LogP contribution in [0.2, 0.25) is 0 Å². The zero-order valence-electron chi connectivity index (χ0n) is 39.5. The molecule has 10 N–H and O–H groups in total. The second-order valence-electron chi connectivity index (χ2n) is 19.4. The molecule has 0 radical (unpaired) electrons. The summed E-state index contributed by atoms with van der Waals surface area (Å²) in [5, 5.41) is 24.4. The van der Waals surface area contributed by atoms with Crippen LogP contribution in [0.5, 0.6) is 0 Å². The molecule has 16 nitrogen and oxygen atoms in total. The maximum Gasteiger partial charge on any atom is 0.481 e. The Labute approximate surface area is 373 Å². The first-order valence-electron chi connectivity index (χ1n) is 24.0. The molecule has 0 aromatic rings. The third-order valence-corrected chi connectivity index (χ3v) is 13.9. The highest BCUT2D eigenvalue weighted by Crippen LogP contribution is 2.65. The van der Waals surface area contributed by atoms with Crippen LogP contribution in [0, 0.1) is 17.3 Å². The van der Waals surface area contributed by atoms with Gasteiger partial charge in [-0.3, -0.25) is 24.0 Å². The van der Waals surface area contributed by atoms with Crippen molar-refractivity contribution in [3.05, 3.63) is 0 Å². The third-order valence-electron chi connectivity index (χ3n) is 13.9. The van der Waals surface area contributed by atoms with Crippen molar-refractivity contribution < 1.29 is 38.4 Å². The summed E-state index contributed by atoms with van der Waals surface area (Å²) in [5.41, 5.74) is 11.2. The molecule has 0 aromatic carbocycles. The van der Waals surface area contributed by atoms with Crippen LogP contribution in [0.15, 0.2) is 0 Å². The van der Waals surface area contributed by atoms with Gasteiger partial charge in [0.25, 0.3) is 0 Å². The minimum absolute atomic E-state index is 0.0458. The molecule has 4 fully saturated rings. The first-order chi connectivity index (χ1) is 29.4. The normalized spacial score (nSPS) is 24.1. The highest BCUT2D eigenvalue weighted by Gasteiger charge is 2.68. The predicted octanol–water partition coefficient (Wildman–Crippen LogP) is 2.82. The molecule has 62 heavy (non-hydrogen) atoms. The molecule has 3 aliphatic carbocycles. The quantitative estimate of drug-likeness (QED) is 0.0372. The average Bonchev–Trinajstić information content (AvgIpc) is 3.59. The lowest BCUT2D eigenvalue weighted by atomic mass is 9.43. The van der Waals surface area contributed by atoms with E-state index in [1.54, 1.807) is 0 Å².